The van der Waals surface area contributed by atoms with Crippen molar-refractivity contribution >= 4 is 11.9 Å². The van der Waals surface area contributed by atoms with Crippen LogP contribution in [0.5, 0.6) is 0 Å². The van der Waals surface area contributed by atoms with E-state index in [-0.39, 0.29) is 18.3 Å². The van der Waals surface area contributed by atoms with Crippen molar-refractivity contribution in [3.05, 3.63) is 30.4 Å². The van der Waals surface area contributed by atoms with E-state index in [9.17, 15) is 19.8 Å². The zero-order valence-corrected chi connectivity index (χ0v) is 10.7. The van der Waals surface area contributed by atoms with Gasteiger partial charge in [-0.15, -0.1) is 0 Å². The number of aliphatic hydroxyl groups excluding tert-OH is 2. The van der Waals surface area contributed by atoms with Gasteiger partial charge < -0.3 is 14.9 Å². The smallest absolute Gasteiger partial charge is 0.330 e. The number of esters is 1. The van der Waals surface area contributed by atoms with Crippen molar-refractivity contribution in [3.8, 4) is 0 Å². The summed E-state index contributed by atoms with van der Waals surface area (Å²) in [7, 11) is 1.29. The van der Waals surface area contributed by atoms with Crippen LogP contribution in [-0.2, 0) is 14.3 Å². The quantitative estimate of drug-likeness (QED) is 0.326. The number of hydrogen-bond donors (Lipinski definition) is 2. The summed E-state index contributed by atoms with van der Waals surface area (Å²) in [6.07, 6.45) is 6.80. The van der Waals surface area contributed by atoms with Gasteiger partial charge >= 0.3 is 5.97 Å². The first-order valence-electron chi connectivity index (χ1n) is 6.08. The third kappa shape index (κ3) is 4.48. The molecule has 4 atom stereocenters. The van der Waals surface area contributed by atoms with Crippen LogP contribution in [0.4, 0.5) is 0 Å². The van der Waals surface area contributed by atoms with E-state index in [1.165, 1.54) is 25.3 Å². The summed E-state index contributed by atoms with van der Waals surface area (Å²) >= 11 is 0. The van der Waals surface area contributed by atoms with Gasteiger partial charge in [-0.2, -0.15) is 0 Å². The summed E-state index contributed by atoms with van der Waals surface area (Å²) < 4.78 is 4.44. The van der Waals surface area contributed by atoms with Crippen molar-refractivity contribution in [1.29, 1.82) is 0 Å². The predicted octanol–water partition coefficient (Wildman–Crippen LogP) is 0.408. The van der Waals surface area contributed by atoms with Crippen LogP contribution >= 0.6 is 0 Å². The lowest BCUT2D eigenvalue weighted by Crippen LogP contribution is -2.19. The summed E-state index contributed by atoms with van der Waals surface area (Å²) in [5, 5.41) is 19.6. The largest absolute Gasteiger partial charge is 0.466 e. The maximum atomic E-state index is 10.8. The normalized spacial score (nSPS) is 30.7. The van der Waals surface area contributed by atoms with Crippen LogP contribution in [0.2, 0.25) is 0 Å². The number of hydrogen-bond acceptors (Lipinski definition) is 5. The Labute approximate surface area is 111 Å². The van der Waals surface area contributed by atoms with Crippen molar-refractivity contribution in [3.63, 3.8) is 0 Å². The molecular weight excluding hydrogens is 248 g/mol. The van der Waals surface area contributed by atoms with E-state index in [0.29, 0.717) is 6.42 Å². The molecule has 0 spiro atoms. The highest BCUT2D eigenvalue weighted by molar-refractivity contribution is 5.82. The molecule has 5 nitrogen and oxygen atoms in total. The average molecular weight is 266 g/mol. The van der Waals surface area contributed by atoms with Crippen molar-refractivity contribution in [1.82, 2.24) is 0 Å². The summed E-state index contributed by atoms with van der Waals surface area (Å²) in [6, 6.07) is 0. The highest BCUT2D eigenvalue weighted by Gasteiger charge is 2.39. The van der Waals surface area contributed by atoms with E-state index in [4.69, 9.17) is 0 Å². The topological polar surface area (TPSA) is 83.8 Å². The van der Waals surface area contributed by atoms with Gasteiger partial charge in [0.15, 0.2) is 0 Å². The molecule has 0 heterocycles. The molecule has 4 unspecified atom stereocenters. The van der Waals surface area contributed by atoms with Gasteiger partial charge in [0.05, 0.1) is 19.3 Å². The van der Waals surface area contributed by atoms with Crippen LogP contribution < -0.4 is 0 Å². The lowest BCUT2D eigenvalue weighted by Gasteiger charge is -2.18. The predicted molar refractivity (Wildman–Crippen MR) is 68.8 cm³/mol. The van der Waals surface area contributed by atoms with Gasteiger partial charge in [-0.3, -0.25) is 0 Å². The lowest BCUT2D eigenvalue weighted by atomic mass is 9.90. The van der Waals surface area contributed by atoms with Crippen molar-refractivity contribution < 1.29 is 24.5 Å². The zero-order chi connectivity index (χ0) is 14.3. The van der Waals surface area contributed by atoms with E-state index in [0.717, 1.165) is 0 Å². The van der Waals surface area contributed by atoms with Gasteiger partial charge in [-0.25, -0.2) is 9.59 Å². The first-order chi connectivity index (χ1) is 9.10. The Bertz CT molecular complexity index is 406. The third-order valence-corrected chi connectivity index (χ3v) is 3.27. The SMILES string of the molecule is COC(=O)C=CC=CC1C(O)CC(O)C1CC=C=O. The second kappa shape index (κ2) is 7.69. The van der Waals surface area contributed by atoms with E-state index in [1.54, 1.807) is 18.1 Å². The summed E-state index contributed by atoms with van der Waals surface area (Å²) in [4.78, 5) is 21.1. The van der Waals surface area contributed by atoms with E-state index in [1.807, 2.05) is 0 Å². The van der Waals surface area contributed by atoms with Gasteiger partial charge in [-0.05, 0) is 12.3 Å². The van der Waals surface area contributed by atoms with Crippen LogP contribution in [0.15, 0.2) is 30.4 Å². The zero-order valence-electron chi connectivity index (χ0n) is 10.7. The number of ether oxygens (including phenoxy) is 1. The second-order valence-corrected chi connectivity index (χ2v) is 4.44. The molecule has 1 saturated carbocycles. The monoisotopic (exact) mass is 266 g/mol. The minimum Gasteiger partial charge on any atom is -0.466 e. The second-order valence-electron chi connectivity index (χ2n) is 4.44. The Morgan fingerprint density at radius 2 is 2.11 bits per heavy atom. The molecule has 0 bridgehead atoms. The number of methoxy groups -OCH3 is 1. The fraction of sp³-hybridized carbons (Fsp3) is 0.500. The Morgan fingerprint density at radius 3 is 2.74 bits per heavy atom. The van der Waals surface area contributed by atoms with Gasteiger partial charge in [0.25, 0.3) is 0 Å². The molecule has 2 N–H and O–H groups in total. The Morgan fingerprint density at radius 1 is 1.37 bits per heavy atom. The molecule has 0 radical (unpaired) electrons. The number of aliphatic hydroxyl groups is 2. The maximum Gasteiger partial charge on any atom is 0.330 e. The molecule has 19 heavy (non-hydrogen) atoms. The molecule has 0 aromatic rings. The summed E-state index contributed by atoms with van der Waals surface area (Å²) in [5.74, 6) is 0.755. The number of carbonyl (C=O) groups is 1. The fourth-order valence-corrected chi connectivity index (χ4v) is 2.29. The maximum absolute atomic E-state index is 10.8. The molecule has 1 rings (SSSR count). The molecule has 0 aromatic heterocycles. The molecule has 0 aliphatic heterocycles. The van der Waals surface area contributed by atoms with Crippen LogP contribution in [-0.4, -0.2) is 41.4 Å². The standard InChI is InChI=1S/C14H18O5/c1-19-14(18)7-3-2-5-10-11(6-4-8-15)13(17)9-12(10)16/h2-5,7,10-13,16-17H,6,9H2,1H3. The van der Waals surface area contributed by atoms with E-state index >= 15 is 0 Å². The molecular formula is C14H18O5. The van der Waals surface area contributed by atoms with Crippen molar-refractivity contribution in [2.75, 3.05) is 7.11 Å². The minimum atomic E-state index is -0.650. The highest BCUT2D eigenvalue weighted by Crippen LogP contribution is 2.35. The molecule has 104 valence electrons. The molecule has 5 heteroatoms. The van der Waals surface area contributed by atoms with E-state index < -0.39 is 18.2 Å². The summed E-state index contributed by atoms with van der Waals surface area (Å²) in [5.41, 5.74) is 0. The van der Waals surface area contributed by atoms with Crippen molar-refractivity contribution in [2.24, 2.45) is 11.8 Å². The van der Waals surface area contributed by atoms with Crippen LogP contribution in [0, 0.1) is 11.8 Å². The highest BCUT2D eigenvalue weighted by atomic mass is 16.5. The van der Waals surface area contributed by atoms with Crippen molar-refractivity contribution in [2.45, 2.75) is 25.0 Å². The minimum absolute atomic E-state index is 0.209. The first-order valence-corrected chi connectivity index (χ1v) is 6.08. The average Bonchev–Trinajstić information content (AvgIpc) is 2.66. The van der Waals surface area contributed by atoms with Gasteiger partial charge in [0, 0.05) is 24.5 Å². The van der Waals surface area contributed by atoms with Gasteiger partial charge in [0.1, 0.15) is 5.94 Å². The van der Waals surface area contributed by atoms with Gasteiger partial charge in [0.2, 0.25) is 0 Å². The van der Waals surface area contributed by atoms with Crippen LogP contribution in [0.3, 0.4) is 0 Å². The van der Waals surface area contributed by atoms with Crippen LogP contribution in [0.25, 0.3) is 0 Å². The Balaban J connectivity index is 2.67. The first kappa shape index (κ1) is 15.4. The third-order valence-electron chi connectivity index (χ3n) is 3.27. The van der Waals surface area contributed by atoms with E-state index in [2.05, 4.69) is 4.74 Å². The molecule has 1 aliphatic rings. The lowest BCUT2D eigenvalue weighted by molar-refractivity contribution is -0.134. The van der Waals surface area contributed by atoms with Gasteiger partial charge in [-0.1, -0.05) is 18.2 Å². The number of carbonyl (C=O) groups excluding carboxylic acids is 2. The molecule has 1 aliphatic carbocycles. The van der Waals surface area contributed by atoms with Crippen LogP contribution in [0.1, 0.15) is 12.8 Å². The Hall–Kier alpha value is -1.68. The fourth-order valence-electron chi connectivity index (χ4n) is 2.29. The number of rotatable bonds is 5. The molecule has 1 fully saturated rings. The number of allylic oxidation sites excluding steroid dienone is 3. The Kier molecular flexibility index (Phi) is 6.22. The molecule has 0 amide bonds. The summed E-state index contributed by atoms with van der Waals surface area (Å²) in [6.45, 7) is 0. The molecule has 0 aromatic carbocycles. The molecule has 0 saturated heterocycles.